The predicted molar refractivity (Wildman–Crippen MR) is 175 cm³/mol. The van der Waals surface area contributed by atoms with Gasteiger partial charge in [0.1, 0.15) is 12.6 Å². The Balaban J connectivity index is 1.42. The minimum absolute atomic E-state index is 0.0159. The molecule has 3 rings (SSSR count). The lowest BCUT2D eigenvalue weighted by Crippen LogP contribution is -2.48. The minimum Gasteiger partial charge on any atom is -0.445 e. The monoisotopic (exact) mass is 684 g/mol. The summed E-state index contributed by atoms with van der Waals surface area (Å²) in [7, 11) is 1.48. The first-order valence-electron chi connectivity index (χ1n) is 16.2. The second-order valence-electron chi connectivity index (χ2n) is 11.4. The topological polar surface area (TPSA) is 216 Å². The van der Waals surface area contributed by atoms with E-state index in [2.05, 4.69) is 26.6 Å². The lowest BCUT2D eigenvalue weighted by Gasteiger charge is -2.31. The molecule has 49 heavy (non-hydrogen) atoms. The third-order valence-electron chi connectivity index (χ3n) is 7.77. The molecule has 1 atom stereocenters. The van der Waals surface area contributed by atoms with E-state index in [0.717, 1.165) is 11.3 Å². The Morgan fingerprint density at radius 1 is 0.878 bits per heavy atom. The molecule has 2 aliphatic rings. The van der Waals surface area contributed by atoms with Gasteiger partial charge in [0, 0.05) is 70.6 Å². The SMILES string of the molecule is CNC(=O)NCCCC(NC(=O)CNC(=O)CCCCCN1C(=O)C=CC1=O)C(=O)Nc1ccc(COC(=O)N2CCN(C=O)CC2)cc1. The number of ether oxygens (including phenoxy) is 1. The first-order valence-corrected chi connectivity index (χ1v) is 16.2. The van der Waals surface area contributed by atoms with Crippen LogP contribution >= 0.6 is 0 Å². The van der Waals surface area contributed by atoms with E-state index in [1.807, 2.05) is 0 Å². The number of amides is 9. The molecule has 9 amide bonds. The number of unbranched alkanes of at least 4 members (excludes halogenated alkanes) is 2. The van der Waals surface area contributed by atoms with Crippen LogP contribution in [0.5, 0.6) is 0 Å². The van der Waals surface area contributed by atoms with E-state index in [9.17, 15) is 38.4 Å². The molecule has 0 saturated carbocycles. The van der Waals surface area contributed by atoms with Crippen LogP contribution in [0.4, 0.5) is 15.3 Å². The number of carbonyl (C=O) groups is 8. The van der Waals surface area contributed by atoms with Gasteiger partial charge in [0.05, 0.1) is 6.54 Å². The average Bonchev–Trinajstić information content (AvgIpc) is 3.43. The van der Waals surface area contributed by atoms with E-state index in [1.165, 1.54) is 24.1 Å². The Morgan fingerprint density at radius 3 is 2.22 bits per heavy atom. The molecule has 0 radical (unpaired) electrons. The lowest BCUT2D eigenvalue weighted by atomic mass is 10.1. The maximum absolute atomic E-state index is 13.2. The van der Waals surface area contributed by atoms with Gasteiger partial charge < -0.3 is 41.1 Å². The van der Waals surface area contributed by atoms with Gasteiger partial charge in [-0.05, 0) is 43.4 Å². The molecule has 1 aromatic carbocycles. The van der Waals surface area contributed by atoms with Crippen molar-refractivity contribution in [2.75, 3.05) is 58.2 Å². The van der Waals surface area contributed by atoms with E-state index in [0.29, 0.717) is 63.1 Å². The van der Waals surface area contributed by atoms with Gasteiger partial charge in [-0.15, -0.1) is 0 Å². The number of hydrogen-bond donors (Lipinski definition) is 5. The number of nitrogens with one attached hydrogen (secondary N) is 5. The number of imide groups is 1. The summed E-state index contributed by atoms with van der Waals surface area (Å²) >= 11 is 0. The highest BCUT2D eigenvalue weighted by molar-refractivity contribution is 6.12. The van der Waals surface area contributed by atoms with Crippen molar-refractivity contribution < 1.29 is 43.1 Å². The average molecular weight is 685 g/mol. The zero-order valence-corrected chi connectivity index (χ0v) is 27.5. The van der Waals surface area contributed by atoms with Crippen LogP contribution in [0.3, 0.4) is 0 Å². The fourth-order valence-electron chi connectivity index (χ4n) is 4.92. The van der Waals surface area contributed by atoms with Crippen molar-refractivity contribution in [3.8, 4) is 0 Å². The molecule has 1 saturated heterocycles. The largest absolute Gasteiger partial charge is 0.445 e. The molecule has 0 bridgehead atoms. The summed E-state index contributed by atoms with van der Waals surface area (Å²) in [5, 5.41) is 13.0. The molecule has 5 N–H and O–H groups in total. The summed E-state index contributed by atoms with van der Waals surface area (Å²) in [6.07, 6.45) is 5.10. The van der Waals surface area contributed by atoms with Gasteiger partial charge in [0.25, 0.3) is 11.8 Å². The summed E-state index contributed by atoms with van der Waals surface area (Å²) in [5.74, 6) is -2.12. The maximum Gasteiger partial charge on any atom is 0.410 e. The fraction of sp³-hybridized carbons (Fsp3) is 0.500. The van der Waals surface area contributed by atoms with Gasteiger partial charge in [0.2, 0.25) is 24.1 Å². The molecule has 0 spiro atoms. The summed E-state index contributed by atoms with van der Waals surface area (Å²) in [5.41, 5.74) is 1.13. The van der Waals surface area contributed by atoms with Gasteiger partial charge in [0.15, 0.2) is 0 Å². The van der Waals surface area contributed by atoms with Crippen LogP contribution in [0, 0.1) is 0 Å². The number of anilines is 1. The third-order valence-corrected chi connectivity index (χ3v) is 7.77. The van der Waals surface area contributed by atoms with Gasteiger partial charge >= 0.3 is 12.1 Å². The first kappa shape index (κ1) is 38.0. The fourth-order valence-corrected chi connectivity index (χ4v) is 4.92. The van der Waals surface area contributed by atoms with Crippen LogP contribution in [-0.2, 0) is 40.1 Å². The minimum atomic E-state index is -0.971. The zero-order valence-electron chi connectivity index (χ0n) is 27.5. The van der Waals surface area contributed by atoms with Crippen LogP contribution in [0.1, 0.15) is 44.1 Å². The summed E-state index contributed by atoms with van der Waals surface area (Å²) in [4.78, 5) is 100. The molecule has 1 aromatic rings. The van der Waals surface area contributed by atoms with Crippen LogP contribution in [0.15, 0.2) is 36.4 Å². The van der Waals surface area contributed by atoms with Crippen molar-refractivity contribution in [3.63, 3.8) is 0 Å². The van der Waals surface area contributed by atoms with Crippen molar-refractivity contribution in [2.45, 2.75) is 51.2 Å². The number of rotatable bonds is 18. The second kappa shape index (κ2) is 20.0. The molecule has 2 heterocycles. The normalized spacial score (nSPS) is 14.6. The van der Waals surface area contributed by atoms with Crippen LogP contribution in [0.25, 0.3) is 0 Å². The van der Waals surface area contributed by atoms with Gasteiger partial charge in [-0.25, -0.2) is 9.59 Å². The number of carbonyl (C=O) groups excluding carboxylic acids is 8. The highest BCUT2D eigenvalue weighted by Gasteiger charge is 2.24. The number of urea groups is 1. The van der Waals surface area contributed by atoms with Crippen molar-refractivity contribution in [1.82, 2.24) is 36.0 Å². The molecule has 266 valence electrons. The van der Waals surface area contributed by atoms with Gasteiger partial charge in [-0.1, -0.05) is 18.6 Å². The van der Waals surface area contributed by atoms with Gasteiger partial charge in [-0.2, -0.15) is 0 Å². The van der Waals surface area contributed by atoms with E-state index in [1.54, 1.807) is 29.2 Å². The Bertz CT molecular complexity index is 1360. The third kappa shape index (κ3) is 13.3. The van der Waals surface area contributed by atoms with Crippen molar-refractivity contribution >= 4 is 53.8 Å². The number of hydrogen-bond acceptors (Lipinski definition) is 9. The standard InChI is InChI=1S/C32H44N8O9/c1-33-31(47)34-14-5-6-25(37-27(43)20-35-26(42)7-3-2-4-15-40-28(44)12-13-29(40)45)30(46)36-24-10-8-23(9-11-24)21-49-32(48)39-18-16-38(22-41)17-19-39/h8-13,22,25H,2-7,14-21H2,1H3,(H,35,42)(H,36,46)(H,37,43)(H2,33,34,47). The first-order chi connectivity index (χ1) is 23.6. The number of piperazine rings is 1. The molecule has 2 aliphatic heterocycles. The van der Waals surface area contributed by atoms with Crippen LogP contribution < -0.4 is 26.6 Å². The summed E-state index contributed by atoms with van der Waals surface area (Å²) in [6.45, 7) is 1.88. The highest BCUT2D eigenvalue weighted by Crippen LogP contribution is 2.13. The molecule has 17 nitrogen and oxygen atoms in total. The summed E-state index contributed by atoms with van der Waals surface area (Å²) in [6, 6.07) is 5.29. The van der Waals surface area contributed by atoms with E-state index in [-0.39, 0.29) is 62.8 Å². The quantitative estimate of drug-likeness (QED) is 0.0787. The molecule has 17 heteroatoms. The number of nitrogens with zero attached hydrogens (tertiary/aromatic N) is 3. The molecule has 0 aromatic heterocycles. The van der Waals surface area contributed by atoms with E-state index >= 15 is 0 Å². The van der Waals surface area contributed by atoms with Crippen molar-refractivity contribution in [1.29, 1.82) is 0 Å². The van der Waals surface area contributed by atoms with E-state index in [4.69, 9.17) is 4.74 Å². The Labute approximate surface area is 284 Å². The lowest BCUT2D eigenvalue weighted by molar-refractivity contribution is -0.137. The molecule has 1 fully saturated rings. The summed E-state index contributed by atoms with van der Waals surface area (Å²) < 4.78 is 5.37. The predicted octanol–water partition coefficient (Wildman–Crippen LogP) is -0.169. The van der Waals surface area contributed by atoms with Crippen molar-refractivity contribution in [2.24, 2.45) is 0 Å². The smallest absolute Gasteiger partial charge is 0.410 e. The Hall–Kier alpha value is -5.48. The van der Waals surface area contributed by atoms with E-state index < -0.39 is 23.9 Å². The number of benzene rings is 1. The molecule has 0 aliphatic carbocycles. The molecular formula is C32H44N8O9. The Morgan fingerprint density at radius 2 is 1.57 bits per heavy atom. The van der Waals surface area contributed by atoms with Crippen LogP contribution in [0.2, 0.25) is 0 Å². The zero-order chi connectivity index (χ0) is 35.6. The Kier molecular flexibility index (Phi) is 15.5. The maximum atomic E-state index is 13.2. The van der Waals surface area contributed by atoms with Crippen LogP contribution in [-0.4, -0.2) is 122 Å². The van der Waals surface area contributed by atoms with Gasteiger partial charge in [-0.3, -0.25) is 33.7 Å². The molecular weight excluding hydrogens is 640 g/mol. The highest BCUT2D eigenvalue weighted by atomic mass is 16.6. The van der Waals surface area contributed by atoms with Crippen molar-refractivity contribution in [3.05, 3.63) is 42.0 Å². The second-order valence-corrected chi connectivity index (χ2v) is 11.4. The molecule has 1 unspecified atom stereocenters.